The van der Waals surface area contributed by atoms with Crippen LogP contribution in [0, 0.1) is 0 Å². The highest BCUT2D eigenvalue weighted by Crippen LogP contribution is 2.30. The molecule has 1 saturated heterocycles. The maximum absolute atomic E-state index is 12.1. The van der Waals surface area contributed by atoms with Crippen LogP contribution in [-0.4, -0.2) is 35.7 Å². The minimum Gasteiger partial charge on any atom is -0.466 e. The fraction of sp³-hybridized carbons (Fsp3) is 0.920. The van der Waals surface area contributed by atoms with Crippen LogP contribution in [0.1, 0.15) is 125 Å². The van der Waals surface area contributed by atoms with Gasteiger partial charge in [-0.15, -0.1) is 0 Å². The van der Waals surface area contributed by atoms with Crippen molar-refractivity contribution >= 4 is 11.9 Å². The molecule has 1 N–H and O–H groups in total. The Morgan fingerprint density at radius 2 is 1.23 bits per heavy atom. The zero-order valence-corrected chi connectivity index (χ0v) is 20.3. The average Bonchev–Trinajstić information content (AvgIpc) is 2.61. The first-order valence-electron chi connectivity index (χ1n) is 12.3. The van der Waals surface area contributed by atoms with E-state index in [4.69, 9.17) is 9.47 Å². The number of carbonyl (C=O) groups excluding carboxylic acids is 2. The molecule has 1 aliphatic heterocycles. The molecule has 1 heterocycles. The number of piperidine rings is 1. The van der Waals surface area contributed by atoms with Crippen molar-refractivity contribution in [2.24, 2.45) is 0 Å². The third-order valence-corrected chi connectivity index (χ3v) is 5.75. The van der Waals surface area contributed by atoms with E-state index in [0.29, 0.717) is 6.61 Å². The number of esters is 2. The summed E-state index contributed by atoms with van der Waals surface area (Å²) in [5, 5.41) is 3.57. The molecule has 0 aromatic rings. The van der Waals surface area contributed by atoms with Crippen molar-refractivity contribution in [2.75, 3.05) is 6.61 Å². The summed E-state index contributed by atoms with van der Waals surface area (Å²) >= 11 is 0. The molecule has 0 aromatic heterocycles. The molecule has 0 radical (unpaired) electrons. The van der Waals surface area contributed by atoms with Crippen LogP contribution in [0.25, 0.3) is 0 Å². The van der Waals surface area contributed by atoms with Gasteiger partial charge >= 0.3 is 11.9 Å². The van der Waals surface area contributed by atoms with Crippen LogP contribution >= 0.6 is 0 Å². The van der Waals surface area contributed by atoms with E-state index < -0.39 is 0 Å². The van der Waals surface area contributed by atoms with Crippen LogP contribution in [-0.2, 0) is 19.1 Å². The molecule has 0 amide bonds. The van der Waals surface area contributed by atoms with Gasteiger partial charge in [-0.3, -0.25) is 9.59 Å². The number of nitrogens with one attached hydrogen (secondary N) is 1. The lowest BCUT2D eigenvalue weighted by molar-refractivity contribution is -0.156. The van der Waals surface area contributed by atoms with Crippen molar-refractivity contribution < 1.29 is 19.1 Å². The Bertz CT molecular complexity index is 485. The second-order valence-corrected chi connectivity index (χ2v) is 10.3. The standard InChI is InChI=1S/C25H47NO4/c1-6-7-8-9-10-11-12-13-14-15-18-29-22(27)16-17-23(28)30-21-19-24(2,3)26-25(4,5)20-21/h21,26H,6-20H2,1-5H3. The molecular weight excluding hydrogens is 378 g/mol. The highest BCUT2D eigenvalue weighted by atomic mass is 16.5. The summed E-state index contributed by atoms with van der Waals surface area (Å²) in [5.74, 6) is -0.599. The zero-order chi connectivity index (χ0) is 22.5. The number of unbranched alkanes of at least 4 members (excludes halogenated alkanes) is 9. The fourth-order valence-electron chi connectivity index (χ4n) is 4.61. The molecule has 30 heavy (non-hydrogen) atoms. The van der Waals surface area contributed by atoms with Gasteiger partial charge in [0.05, 0.1) is 19.4 Å². The van der Waals surface area contributed by atoms with Crippen LogP contribution in [0.3, 0.4) is 0 Å². The summed E-state index contributed by atoms with van der Waals surface area (Å²) in [6.45, 7) is 11.2. The molecule has 0 unspecified atom stereocenters. The summed E-state index contributed by atoms with van der Waals surface area (Å²) in [7, 11) is 0. The predicted octanol–water partition coefficient (Wildman–Crippen LogP) is 6.08. The first kappa shape index (κ1) is 26.9. The first-order valence-corrected chi connectivity index (χ1v) is 12.3. The normalized spacial score (nSPS) is 18.2. The second kappa shape index (κ2) is 14.1. The van der Waals surface area contributed by atoms with Gasteiger partial charge in [-0.2, -0.15) is 0 Å². The van der Waals surface area contributed by atoms with Crippen LogP contribution < -0.4 is 5.32 Å². The van der Waals surface area contributed by atoms with Gasteiger partial charge in [-0.1, -0.05) is 64.7 Å². The minimum atomic E-state index is -0.301. The molecule has 0 spiro atoms. The second-order valence-electron chi connectivity index (χ2n) is 10.3. The predicted molar refractivity (Wildman–Crippen MR) is 122 cm³/mol. The van der Waals surface area contributed by atoms with Crippen molar-refractivity contribution in [1.29, 1.82) is 0 Å². The molecule has 176 valence electrons. The Labute approximate surface area is 185 Å². The Hall–Kier alpha value is -1.10. The molecule has 5 heteroatoms. The molecule has 0 aromatic carbocycles. The molecule has 1 aliphatic rings. The summed E-state index contributed by atoms with van der Waals surface area (Å²) in [6, 6.07) is 0. The lowest BCUT2D eigenvalue weighted by atomic mass is 9.81. The fourth-order valence-corrected chi connectivity index (χ4v) is 4.61. The van der Waals surface area contributed by atoms with E-state index in [2.05, 4.69) is 39.9 Å². The summed E-state index contributed by atoms with van der Waals surface area (Å²) in [4.78, 5) is 24.0. The molecular formula is C25H47NO4. The van der Waals surface area contributed by atoms with Gasteiger partial charge in [0.25, 0.3) is 0 Å². The van der Waals surface area contributed by atoms with Gasteiger partial charge in [0, 0.05) is 23.9 Å². The number of hydrogen-bond acceptors (Lipinski definition) is 5. The number of hydrogen-bond donors (Lipinski definition) is 1. The Morgan fingerprint density at radius 1 is 0.767 bits per heavy atom. The van der Waals surface area contributed by atoms with E-state index in [1.54, 1.807) is 0 Å². The van der Waals surface area contributed by atoms with Gasteiger partial charge in [0.2, 0.25) is 0 Å². The summed E-state index contributed by atoms with van der Waals surface area (Å²) in [5.41, 5.74) is -0.138. The Morgan fingerprint density at radius 3 is 1.77 bits per heavy atom. The van der Waals surface area contributed by atoms with E-state index in [-0.39, 0.29) is 42.0 Å². The largest absolute Gasteiger partial charge is 0.466 e. The molecule has 5 nitrogen and oxygen atoms in total. The van der Waals surface area contributed by atoms with Crippen molar-refractivity contribution in [2.45, 2.75) is 142 Å². The Balaban J connectivity index is 2.03. The topological polar surface area (TPSA) is 64.6 Å². The zero-order valence-electron chi connectivity index (χ0n) is 20.3. The molecule has 1 fully saturated rings. The third kappa shape index (κ3) is 13.3. The maximum Gasteiger partial charge on any atom is 0.306 e. The molecule has 0 atom stereocenters. The van der Waals surface area contributed by atoms with Crippen LogP contribution in [0.4, 0.5) is 0 Å². The lowest BCUT2D eigenvalue weighted by Crippen LogP contribution is -2.59. The van der Waals surface area contributed by atoms with Crippen LogP contribution in [0.5, 0.6) is 0 Å². The van der Waals surface area contributed by atoms with Gasteiger partial charge < -0.3 is 14.8 Å². The van der Waals surface area contributed by atoms with Gasteiger partial charge in [-0.05, 0) is 34.1 Å². The molecule has 0 saturated carbocycles. The van der Waals surface area contributed by atoms with Crippen molar-refractivity contribution in [3.8, 4) is 0 Å². The lowest BCUT2D eigenvalue weighted by Gasteiger charge is -2.45. The molecule has 0 aliphatic carbocycles. The monoisotopic (exact) mass is 425 g/mol. The van der Waals surface area contributed by atoms with Gasteiger partial charge in [-0.25, -0.2) is 0 Å². The van der Waals surface area contributed by atoms with Crippen LogP contribution in [0.2, 0.25) is 0 Å². The minimum absolute atomic E-state index is 0.0688. The van der Waals surface area contributed by atoms with Crippen molar-refractivity contribution in [3.63, 3.8) is 0 Å². The summed E-state index contributed by atoms with van der Waals surface area (Å²) < 4.78 is 10.9. The smallest absolute Gasteiger partial charge is 0.306 e. The third-order valence-electron chi connectivity index (χ3n) is 5.75. The van der Waals surface area contributed by atoms with Crippen LogP contribution in [0.15, 0.2) is 0 Å². The number of rotatable bonds is 15. The Kier molecular flexibility index (Phi) is 12.6. The maximum atomic E-state index is 12.1. The van der Waals surface area contributed by atoms with Gasteiger partial charge in [0.1, 0.15) is 6.10 Å². The van der Waals surface area contributed by atoms with E-state index in [1.165, 1.54) is 51.4 Å². The van der Waals surface area contributed by atoms with E-state index in [1.807, 2.05) is 0 Å². The highest BCUT2D eigenvalue weighted by molar-refractivity contribution is 5.77. The molecule has 0 bridgehead atoms. The van der Waals surface area contributed by atoms with Crippen molar-refractivity contribution in [1.82, 2.24) is 5.32 Å². The number of carbonyl (C=O) groups is 2. The SMILES string of the molecule is CCCCCCCCCCCCOC(=O)CCC(=O)OC1CC(C)(C)NC(C)(C)C1. The highest BCUT2D eigenvalue weighted by Gasteiger charge is 2.39. The number of ether oxygens (including phenoxy) is 2. The van der Waals surface area contributed by atoms with E-state index in [9.17, 15) is 9.59 Å². The van der Waals surface area contributed by atoms with Gasteiger partial charge in [0.15, 0.2) is 0 Å². The van der Waals surface area contributed by atoms with Crippen molar-refractivity contribution in [3.05, 3.63) is 0 Å². The average molecular weight is 426 g/mol. The first-order chi connectivity index (χ1) is 14.1. The molecule has 1 rings (SSSR count). The van der Waals surface area contributed by atoms with E-state index >= 15 is 0 Å². The quantitative estimate of drug-likeness (QED) is 0.254. The van der Waals surface area contributed by atoms with E-state index in [0.717, 1.165) is 25.7 Å². The summed E-state index contributed by atoms with van der Waals surface area (Å²) in [6.07, 6.45) is 14.2.